The van der Waals surface area contributed by atoms with Crippen LogP contribution < -0.4 is 5.32 Å². The summed E-state index contributed by atoms with van der Waals surface area (Å²) in [5, 5.41) is 3.45. The lowest BCUT2D eigenvalue weighted by Crippen LogP contribution is -2.28. The van der Waals surface area contributed by atoms with E-state index in [2.05, 4.69) is 17.0 Å². The summed E-state index contributed by atoms with van der Waals surface area (Å²) in [5.74, 6) is -1.36. The van der Waals surface area contributed by atoms with Gasteiger partial charge in [-0.25, -0.2) is 9.59 Å². The largest absolute Gasteiger partial charge is 0.465 e. The Bertz CT molecular complexity index is 1160. The average Bonchev–Trinajstić information content (AvgIpc) is 2.85. The van der Waals surface area contributed by atoms with Crippen LogP contribution in [0.25, 0.3) is 10.9 Å². The van der Waals surface area contributed by atoms with Crippen LogP contribution in [0.3, 0.4) is 0 Å². The smallest absolute Gasteiger partial charge is 0.339 e. The van der Waals surface area contributed by atoms with E-state index in [0.717, 1.165) is 40.6 Å². The molecule has 0 spiro atoms. The Balaban J connectivity index is 1.68. The van der Waals surface area contributed by atoms with Crippen LogP contribution in [0.15, 0.2) is 48.5 Å². The van der Waals surface area contributed by atoms with Crippen LogP contribution in [-0.2, 0) is 33.7 Å². The number of pyridine rings is 1. The summed E-state index contributed by atoms with van der Waals surface area (Å²) in [6.07, 6.45) is 2.32. The molecule has 172 valence electrons. The third kappa shape index (κ3) is 5.74. The lowest BCUT2D eigenvalue weighted by molar-refractivity contribution is -0.124. The van der Waals surface area contributed by atoms with Gasteiger partial charge in [0.1, 0.15) is 0 Å². The summed E-state index contributed by atoms with van der Waals surface area (Å²) < 4.78 is 10.1. The third-order valence-corrected chi connectivity index (χ3v) is 5.32. The summed E-state index contributed by atoms with van der Waals surface area (Å²) in [7, 11) is 1.32. The van der Waals surface area contributed by atoms with Gasteiger partial charge in [0, 0.05) is 17.6 Å². The molecule has 1 heterocycles. The fraction of sp³-hybridized carbons (Fsp3) is 0.308. The minimum atomic E-state index is -0.527. The number of amides is 1. The number of benzene rings is 2. The van der Waals surface area contributed by atoms with Gasteiger partial charge < -0.3 is 14.8 Å². The molecule has 0 aliphatic carbocycles. The normalized spacial score (nSPS) is 10.6. The van der Waals surface area contributed by atoms with Gasteiger partial charge >= 0.3 is 11.9 Å². The van der Waals surface area contributed by atoms with Crippen molar-refractivity contribution in [1.82, 2.24) is 10.3 Å². The molecule has 0 radical (unpaired) electrons. The van der Waals surface area contributed by atoms with Crippen LogP contribution in [0, 0.1) is 0 Å². The zero-order valence-electron chi connectivity index (χ0n) is 19.1. The Morgan fingerprint density at radius 2 is 1.70 bits per heavy atom. The van der Waals surface area contributed by atoms with E-state index in [9.17, 15) is 14.4 Å². The van der Waals surface area contributed by atoms with E-state index in [1.54, 1.807) is 24.3 Å². The number of rotatable bonds is 9. The van der Waals surface area contributed by atoms with E-state index >= 15 is 0 Å². The minimum absolute atomic E-state index is 0.247. The highest BCUT2D eigenvalue weighted by Crippen LogP contribution is 2.26. The lowest BCUT2D eigenvalue weighted by atomic mass is 9.96. The first-order valence-electron chi connectivity index (χ1n) is 11.0. The van der Waals surface area contributed by atoms with Crippen LogP contribution in [0.2, 0.25) is 0 Å². The summed E-state index contributed by atoms with van der Waals surface area (Å²) >= 11 is 0. The predicted molar refractivity (Wildman–Crippen MR) is 125 cm³/mol. The summed E-state index contributed by atoms with van der Waals surface area (Å²) in [6, 6.07) is 14.2. The molecule has 3 aromatic rings. The number of ether oxygens (including phenoxy) is 2. The molecule has 7 nitrogen and oxygen atoms in total. The Kier molecular flexibility index (Phi) is 8.13. The maximum absolute atomic E-state index is 13.0. The zero-order valence-corrected chi connectivity index (χ0v) is 19.1. The van der Waals surface area contributed by atoms with E-state index in [0.29, 0.717) is 17.5 Å². The first-order valence-corrected chi connectivity index (χ1v) is 11.0. The second-order valence-corrected chi connectivity index (χ2v) is 7.57. The molecule has 7 heteroatoms. The number of nitrogens with zero attached hydrogens (tertiary/aromatic N) is 1. The zero-order chi connectivity index (χ0) is 23.8. The minimum Gasteiger partial charge on any atom is -0.465 e. The number of esters is 2. The molecular formula is C26H28N2O5. The van der Waals surface area contributed by atoms with Gasteiger partial charge in [0.25, 0.3) is 5.91 Å². The van der Waals surface area contributed by atoms with Gasteiger partial charge in [-0.05, 0) is 42.2 Å². The van der Waals surface area contributed by atoms with Gasteiger partial charge in [0.2, 0.25) is 0 Å². The summed E-state index contributed by atoms with van der Waals surface area (Å²) in [6.45, 7) is 3.92. The van der Waals surface area contributed by atoms with Crippen molar-refractivity contribution in [1.29, 1.82) is 0 Å². The van der Waals surface area contributed by atoms with Crippen molar-refractivity contribution in [3.05, 3.63) is 76.5 Å². The molecular weight excluding hydrogens is 420 g/mol. The highest BCUT2D eigenvalue weighted by atomic mass is 16.5. The molecule has 1 amide bonds. The molecule has 1 aromatic heterocycles. The van der Waals surface area contributed by atoms with E-state index in [-0.39, 0.29) is 13.2 Å². The lowest BCUT2D eigenvalue weighted by Gasteiger charge is -2.15. The predicted octanol–water partition coefficient (Wildman–Crippen LogP) is 4.01. The van der Waals surface area contributed by atoms with E-state index in [4.69, 9.17) is 9.72 Å². The Labute approximate surface area is 193 Å². The molecule has 33 heavy (non-hydrogen) atoms. The van der Waals surface area contributed by atoms with Gasteiger partial charge in [-0.2, -0.15) is 0 Å². The number of para-hydroxylation sites is 1. The fourth-order valence-electron chi connectivity index (χ4n) is 3.69. The van der Waals surface area contributed by atoms with Gasteiger partial charge in [-0.15, -0.1) is 0 Å². The molecule has 0 unspecified atom stereocenters. The number of carbonyl (C=O) groups excluding carboxylic acids is 3. The van der Waals surface area contributed by atoms with Gasteiger partial charge in [-0.3, -0.25) is 9.78 Å². The molecule has 0 aliphatic heterocycles. The number of nitrogens with one attached hydrogen (secondary N) is 1. The summed E-state index contributed by atoms with van der Waals surface area (Å²) in [5.41, 5.74) is 4.22. The Morgan fingerprint density at radius 3 is 2.36 bits per heavy atom. The number of hydrogen-bond donors (Lipinski definition) is 1. The molecule has 3 rings (SSSR count). The second kappa shape index (κ2) is 11.2. The van der Waals surface area contributed by atoms with E-state index in [1.165, 1.54) is 7.11 Å². The van der Waals surface area contributed by atoms with Crippen LogP contribution in [0.4, 0.5) is 0 Å². The Morgan fingerprint density at radius 1 is 0.970 bits per heavy atom. The van der Waals surface area contributed by atoms with Gasteiger partial charge in [0.15, 0.2) is 6.61 Å². The highest BCUT2D eigenvalue weighted by Gasteiger charge is 2.21. The van der Waals surface area contributed by atoms with Crippen molar-refractivity contribution < 1.29 is 23.9 Å². The monoisotopic (exact) mass is 448 g/mol. The average molecular weight is 449 g/mol. The number of aryl methyl sites for hydroxylation is 1. The van der Waals surface area contributed by atoms with Crippen molar-refractivity contribution in [2.75, 3.05) is 13.7 Å². The number of methoxy groups -OCH3 is 1. The molecule has 1 N–H and O–H groups in total. The molecule has 0 aliphatic rings. The number of hydrogen-bond acceptors (Lipinski definition) is 6. The van der Waals surface area contributed by atoms with E-state index in [1.807, 2.05) is 31.2 Å². The summed E-state index contributed by atoms with van der Waals surface area (Å²) in [4.78, 5) is 41.6. The van der Waals surface area contributed by atoms with Crippen LogP contribution >= 0.6 is 0 Å². The Hall–Kier alpha value is -3.74. The molecule has 0 bridgehead atoms. The van der Waals surface area contributed by atoms with Crippen LogP contribution in [0.1, 0.15) is 57.8 Å². The number of fused-ring (bicyclic) bond motifs is 1. The molecule has 0 atom stereocenters. The third-order valence-electron chi connectivity index (χ3n) is 5.32. The maximum atomic E-state index is 13.0. The van der Waals surface area contributed by atoms with Crippen molar-refractivity contribution in [2.24, 2.45) is 0 Å². The number of aromatic nitrogens is 1. The van der Waals surface area contributed by atoms with Crippen molar-refractivity contribution in [3.8, 4) is 0 Å². The maximum Gasteiger partial charge on any atom is 0.339 e. The first kappa shape index (κ1) is 23.9. The van der Waals surface area contributed by atoms with Crippen molar-refractivity contribution in [2.45, 2.75) is 39.7 Å². The second-order valence-electron chi connectivity index (χ2n) is 7.57. The standard InChI is InChI=1S/C26H28N2O5/c1-4-8-21-19(5-2)24(20-9-6-7-10-22(20)28-21)26(31)33-16-23(29)27-15-17-11-13-18(14-12-17)25(30)32-3/h6-7,9-14H,4-5,8,15-16H2,1-3H3,(H,27,29). The van der Waals surface area contributed by atoms with Crippen LogP contribution in [-0.4, -0.2) is 36.5 Å². The molecule has 0 saturated carbocycles. The number of carbonyl (C=O) groups is 3. The SMILES string of the molecule is CCCc1nc2ccccc2c(C(=O)OCC(=O)NCc2ccc(C(=O)OC)cc2)c1CC. The topological polar surface area (TPSA) is 94.6 Å². The van der Waals surface area contributed by atoms with Crippen molar-refractivity contribution >= 4 is 28.7 Å². The van der Waals surface area contributed by atoms with Gasteiger partial charge in [-0.1, -0.05) is 50.6 Å². The van der Waals surface area contributed by atoms with Gasteiger partial charge in [0.05, 0.1) is 23.8 Å². The van der Waals surface area contributed by atoms with Crippen molar-refractivity contribution in [3.63, 3.8) is 0 Å². The molecule has 0 fully saturated rings. The molecule has 2 aromatic carbocycles. The molecule has 0 saturated heterocycles. The first-order chi connectivity index (χ1) is 16.0. The van der Waals surface area contributed by atoms with Crippen LogP contribution in [0.5, 0.6) is 0 Å². The van der Waals surface area contributed by atoms with E-state index < -0.39 is 17.8 Å². The quantitative estimate of drug-likeness (QED) is 0.497. The highest BCUT2D eigenvalue weighted by molar-refractivity contribution is 6.05. The fourth-order valence-corrected chi connectivity index (χ4v) is 3.69.